The predicted molar refractivity (Wildman–Crippen MR) is 155 cm³/mol. The molecule has 3 aromatic carbocycles. The SMILES string of the molecule is Cc1cc(C(=O)N(C)CCc2ccccn2)ccc1-c1cccc(COc2ccc(Cn3oc(=O)[nH]c3=O)cc2)c1. The van der Waals surface area contributed by atoms with Gasteiger partial charge in [-0.1, -0.05) is 42.5 Å². The van der Waals surface area contributed by atoms with Crippen LogP contribution in [0.25, 0.3) is 11.1 Å². The van der Waals surface area contributed by atoms with Crippen molar-refractivity contribution in [2.45, 2.75) is 26.5 Å². The van der Waals surface area contributed by atoms with E-state index in [-0.39, 0.29) is 12.5 Å². The van der Waals surface area contributed by atoms with Crippen molar-refractivity contribution in [1.29, 1.82) is 0 Å². The molecule has 1 N–H and O–H groups in total. The summed E-state index contributed by atoms with van der Waals surface area (Å²) in [5, 5.41) is 0. The molecule has 0 aliphatic rings. The number of amides is 1. The molecule has 2 heterocycles. The van der Waals surface area contributed by atoms with Crippen molar-refractivity contribution in [2.24, 2.45) is 0 Å². The molecule has 9 nitrogen and oxygen atoms in total. The number of likely N-dealkylation sites (N-methyl/N-ethyl adjacent to an activating group) is 1. The van der Waals surface area contributed by atoms with Gasteiger partial charge in [0.2, 0.25) is 0 Å². The summed E-state index contributed by atoms with van der Waals surface area (Å²) in [7, 11) is 1.81. The summed E-state index contributed by atoms with van der Waals surface area (Å²) in [5.74, 6) is -0.126. The van der Waals surface area contributed by atoms with E-state index in [0.717, 1.165) is 38.3 Å². The normalized spacial score (nSPS) is 10.9. The number of aryl methyl sites for hydroxylation is 1. The van der Waals surface area contributed by atoms with E-state index in [9.17, 15) is 14.4 Å². The lowest BCUT2D eigenvalue weighted by Gasteiger charge is -2.18. The quantitative estimate of drug-likeness (QED) is 0.275. The highest BCUT2D eigenvalue weighted by Crippen LogP contribution is 2.26. The fourth-order valence-corrected chi connectivity index (χ4v) is 4.54. The van der Waals surface area contributed by atoms with Crippen molar-refractivity contribution >= 4 is 5.91 Å². The Bertz CT molecular complexity index is 1750. The lowest BCUT2D eigenvalue weighted by Crippen LogP contribution is -2.29. The second-order valence-corrected chi connectivity index (χ2v) is 9.81. The first kappa shape index (κ1) is 27.4. The van der Waals surface area contributed by atoms with Crippen LogP contribution in [-0.4, -0.2) is 39.1 Å². The van der Waals surface area contributed by atoms with E-state index in [4.69, 9.17) is 9.26 Å². The van der Waals surface area contributed by atoms with Crippen LogP contribution in [0.4, 0.5) is 0 Å². The van der Waals surface area contributed by atoms with Crippen LogP contribution in [0.15, 0.2) is 105 Å². The number of nitrogens with one attached hydrogen (secondary N) is 1. The molecule has 0 atom stereocenters. The lowest BCUT2D eigenvalue weighted by atomic mass is 9.97. The monoisotopic (exact) mass is 550 g/mol. The van der Waals surface area contributed by atoms with Crippen molar-refractivity contribution in [3.63, 3.8) is 0 Å². The van der Waals surface area contributed by atoms with Crippen molar-refractivity contribution in [3.8, 4) is 16.9 Å². The van der Waals surface area contributed by atoms with E-state index in [0.29, 0.717) is 30.9 Å². The van der Waals surface area contributed by atoms with Crippen LogP contribution in [0.3, 0.4) is 0 Å². The van der Waals surface area contributed by atoms with Gasteiger partial charge in [-0.05, 0) is 77.2 Å². The molecule has 2 aromatic heterocycles. The minimum absolute atomic E-state index is 0.0199. The maximum absolute atomic E-state index is 13.0. The Balaban J connectivity index is 1.20. The van der Waals surface area contributed by atoms with Crippen LogP contribution in [0.5, 0.6) is 5.75 Å². The molecule has 0 radical (unpaired) electrons. The fraction of sp³-hybridized carbons (Fsp3) is 0.188. The molecule has 0 spiro atoms. The van der Waals surface area contributed by atoms with Crippen LogP contribution in [0.1, 0.15) is 32.7 Å². The maximum atomic E-state index is 13.0. The van der Waals surface area contributed by atoms with Crippen LogP contribution >= 0.6 is 0 Å². The Kier molecular flexibility index (Phi) is 8.24. The van der Waals surface area contributed by atoms with Gasteiger partial charge in [-0.15, -0.1) is 4.74 Å². The van der Waals surface area contributed by atoms with Gasteiger partial charge >= 0.3 is 11.4 Å². The van der Waals surface area contributed by atoms with Crippen molar-refractivity contribution < 1.29 is 14.1 Å². The average molecular weight is 551 g/mol. The van der Waals surface area contributed by atoms with E-state index >= 15 is 0 Å². The standard InChI is InChI=1S/C32H30N4O5/c1-22-18-26(30(37)35(2)17-15-27-8-3-4-16-33-27)11-14-29(22)25-7-5-6-24(19-25)21-40-28-12-9-23(10-13-28)20-36-31(38)34-32(39)41-36/h3-14,16,18-19H,15,17,20-21H2,1-2H3,(H,34,38,39). The Labute approximate surface area is 236 Å². The number of H-pyrrole nitrogens is 1. The third-order valence-electron chi connectivity index (χ3n) is 6.77. The van der Waals surface area contributed by atoms with E-state index in [2.05, 4.69) is 16.0 Å². The molecule has 0 fully saturated rings. The van der Waals surface area contributed by atoms with E-state index in [1.807, 2.05) is 92.8 Å². The van der Waals surface area contributed by atoms with Gasteiger partial charge in [0, 0.05) is 37.5 Å². The van der Waals surface area contributed by atoms with Gasteiger partial charge in [0.15, 0.2) is 0 Å². The van der Waals surface area contributed by atoms with E-state index in [1.165, 1.54) is 0 Å². The first-order chi connectivity index (χ1) is 19.9. The van der Waals surface area contributed by atoms with E-state index in [1.54, 1.807) is 11.1 Å². The number of pyridine rings is 1. The Morgan fingerprint density at radius 3 is 2.51 bits per heavy atom. The van der Waals surface area contributed by atoms with Gasteiger partial charge in [-0.2, -0.15) is 0 Å². The highest BCUT2D eigenvalue weighted by Gasteiger charge is 2.14. The molecular formula is C32H30N4O5. The lowest BCUT2D eigenvalue weighted by molar-refractivity contribution is 0.0796. The Morgan fingerprint density at radius 1 is 0.976 bits per heavy atom. The summed E-state index contributed by atoms with van der Waals surface area (Å²) >= 11 is 0. The Morgan fingerprint density at radius 2 is 1.80 bits per heavy atom. The number of aromatic amines is 1. The minimum Gasteiger partial charge on any atom is -0.489 e. The number of hydrogen-bond donors (Lipinski definition) is 1. The molecule has 0 saturated carbocycles. The minimum atomic E-state index is -0.781. The summed E-state index contributed by atoms with van der Waals surface area (Å²) in [6, 6.07) is 27.0. The molecule has 5 aromatic rings. The molecule has 0 unspecified atom stereocenters. The number of hydrogen-bond acceptors (Lipinski definition) is 6. The summed E-state index contributed by atoms with van der Waals surface area (Å²) in [6.07, 6.45) is 2.46. The summed E-state index contributed by atoms with van der Waals surface area (Å²) < 4.78 is 11.7. The third-order valence-corrected chi connectivity index (χ3v) is 6.77. The van der Waals surface area contributed by atoms with Gasteiger partial charge in [0.05, 0.1) is 6.54 Å². The molecule has 0 bridgehead atoms. The van der Waals surface area contributed by atoms with Crippen LogP contribution in [0.2, 0.25) is 0 Å². The largest absolute Gasteiger partial charge is 0.489 e. The molecule has 5 rings (SSSR count). The number of aromatic nitrogens is 3. The van der Waals surface area contributed by atoms with Crippen molar-refractivity contribution in [3.05, 3.63) is 140 Å². The number of benzene rings is 3. The van der Waals surface area contributed by atoms with Gasteiger partial charge in [0.1, 0.15) is 12.4 Å². The molecule has 1 amide bonds. The summed E-state index contributed by atoms with van der Waals surface area (Å²) in [6.45, 7) is 3.12. The topological polar surface area (TPSA) is 110 Å². The molecule has 0 aliphatic heterocycles. The molecule has 0 aliphatic carbocycles. The molecular weight excluding hydrogens is 520 g/mol. The van der Waals surface area contributed by atoms with Gasteiger partial charge in [-0.25, -0.2) is 14.6 Å². The molecule has 9 heteroatoms. The maximum Gasteiger partial charge on any atom is 0.440 e. The van der Waals surface area contributed by atoms with E-state index < -0.39 is 11.4 Å². The number of ether oxygens (including phenoxy) is 1. The van der Waals surface area contributed by atoms with Gasteiger partial charge in [0.25, 0.3) is 5.91 Å². The summed E-state index contributed by atoms with van der Waals surface area (Å²) in [5.41, 5.74) is 5.93. The zero-order valence-electron chi connectivity index (χ0n) is 22.9. The summed E-state index contributed by atoms with van der Waals surface area (Å²) in [4.78, 5) is 43.9. The predicted octanol–water partition coefficient (Wildman–Crippen LogP) is 4.44. The first-order valence-electron chi connectivity index (χ1n) is 13.2. The molecule has 41 heavy (non-hydrogen) atoms. The smallest absolute Gasteiger partial charge is 0.440 e. The zero-order chi connectivity index (χ0) is 28.8. The van der Waals surface area contributed by atoms with Gasteiger partial charge < -0.3 is 14.2 Å². The molecule has 0 saturated heterocycles. The van der Waals surface area contributed by atoms with Crippen LogP contribution < -0.4 is 16.2 Å². The number of carbonyl (C=O) groups is 1. The van der Waals surface area contributed by atoms with Crippen LogP contribution in [-0.2, 0) is 19.6 Å². The Hall–Kier alpha value is -5.18. The number of rotatable bonds is 10. The second kappa shape index (κ2) is 12.3. The highest BCUT2D eigenvalue weighted by molar-refractivity contribution is 5.95. The highest BCUT2D eigenvalue weighted by atomic mass is 16.5. The zero-order valence-corrected chi connectivity index (χ0v) is 22.9. The molecule has 208 valence electrons. The van der Waals surface area contributed by atoms with Crippen LogP contribution in [0, 0.1) is 6.92 Å². The first-order valence-corrected chi connectivity index (χ1v) is 13.2. The number of carbonyl (C=O) groups excluding carboxylic acids is 1. The van der Waals surface area contributed by atoms with Crippen molar-refractivity contribution in [1.82, 2.24) is 19.6 Å². The van der Waals surface area contributed by atoms with Crippen molar-refractivity contribution in [2.75, 3.05) is 13.6 Å². The van der Waals surface area contributed by atoms with Gasteiger partial charge in [-0.3, -0.25) is 9.78 Å². The second-order valence-electron chi connectivity index (χ2n) is 9.81. The average Bonchev–Trinajstić information content (AvgIpc) is 3.31. The third kappa shape index (κ3) is 6.88. The number of nitrogens with zero attached hydrogens (tertiary/aromatic N) is 3. The fourth-order valence-electron chi connectivity index (χ4n) is 4.54.